The first kappa shape index (κ1) is 54.6. The van der Waals surface area contributed by atoms with Gasteiger partial charge in [0, 0.05) is 25.3 Å². The molecule has 0 aliphatic heterocycles. The van der Waals surface area contributed by atoms with Gasteiger partial charge in [0.25, 0.3) is 0 Å². The maximum absolute atomic E-state index is 12.3. The van der Waals surface area contributed by atoms with Crippen LogP contribution in [-0.4, -0.2) is 55.0 Å². The predicted molar refractivity (Wildman–Crippen MR) is 240 cm³/mol. The molecular formula is C50H97NO5. The highest BCUT2D eigenvalue weighted by atomic mass is 16.5. The van der Waals surface area contributed by atoms with Gasteiger partial charge in [0.15, 0.2) is 0 Å². The lowest BCUT2D eigenvalue weighted by Crippen LogP contribution is -2.37. The van der Waals surface area contributed by atoms with E-state index in [9.17, 15) is 14.4 Å². The second-order valence-electron chi connectivity index (χ2n) is 17.5. The summed E-state index contributed by atoms with van der Waals surface area (Å²) in [7, 11) is 0. The van der Waals surface area contributed by atoms with Crippen molar-refractivity contribution in [2.24, 2.45) is 11.8 Å². The number of ketones is 1. The number of carbonyl (C=O) groups excluding carboxylic acids is 3. The summed E-state index contributed by atoms with van der Waals surface area (Å²) in [5, 5.41) is 0. The molecule has 0 radical (unpaired) electrons. The number of ether oxygens (including phenoxy) is 2. The Morgan fingerprint density at radius 3 is 1.18 bits per heavy atom. The van der Waals surface area contributed by atoms with Crippen LogP contribution in [0.4, 0.5) is 0 Å². The third-order valence-corrected chi connectivity index (χ3v) is 12.2. The fraction of sp³-hybridized carbons (Fsp3) is 0.940. The molecule has 2 atom stereocenters. The minimum Gasteiger partial charge on any atom is -0.465 e. The number of nitrogens with zero attached hydrogens (tertiary/aromatic N) is 1. The average Bonchev–Trinajstić information content (AvgIpc) is 3.19. The zero-order valence-electron chi connectivity index (χ0n) is 38.6. The van der Waals surface area contributed by atoms with E-state index in [1.807, 2.05) is 0 Å². The van der Waals surface area contributed by atoms with Crippen LogP contribution in [0.2, 0.25) is 0 Å². The monoisotopic (exact) mass is 792 g/mol. The van der Waals surface area contributed by atoms with Crippen molar-refractivity contribution in [2.75, 3.05) is 26.3 Å². The number of unbranched alkanes of at least 4 members (excludes halogenated alkanes) is 19. The quantitative estimate of drug-likeness (QED) is 0.0452. The fourth-order valence-electron chi connectivity index (χ4n) is 8.02. The van der Waals surface area contributed by atoms with Crippen LogP contribution in [0.1, 0.15) is 260 Å². The Balaban J connectivity index is 4.81. The van der Waals surface area contributed by atoms with Crippen molar-refractivity contribution in [1.29, 1.82) is 0 Å². The topological polar surface area (TPSA) is 72.9 Å². The maximum Gasteiger partial charge on any atom is 0.305 e. The largest absolute Gasteiger partial charge is 0.465 e. The normalized spacial score (nSPS) is 13.2. The summed E-state index contributed by atoms with van der Waals surface area (Å²) < 4.78 is 11.2. The van der Waals surface area contributed by atoms with Crippen molar-refractivity contribution in [3.63, 3.8) is 0 Å². The second kappa shape index (κ2) is 41.7. The van der Waals surface area contributed by atoms with E-state index in [2.05, 4.69) is 39.5 Å². The minimum absolute atomic E-state index is 0.00886. The van der Waals surface area contributed by atoms with Crippen LogP contribution in [0.25, 0.3) is 0 Å². The summed E-state index contributed by atoms with van der Waals surface area (Å²) in [6.45, 7) is 16.4. The second-order valence-corrected chi connectivity index (χ2v) is 17.5. The summed E-state index contributed by atoms with van der Waals surface area (Å²) >= 11 is 0. The van der Waals surface area contributed by atoms with E-state index in [0.717, 1.165) is 70.8 Å². The molecule has 0 aliphatic carbocycles. The number of Topliss-reactive ketones (excluding diaryl/α,β-unsaturated/α-hetero) is 1. The summed E-state index contributed by atoms with van der Waals surface area (Å²) in [4.78, 5) is 39.1. The van der Waals surface area contributed by atoms with E-state index in [1.165, 1.54) is 141 Å². The molecule has 0 aromatic carbocycles. The van der Waals surface area contributed by atoms with E-state index in [4.69, 9.17) is 9.47 Å². The van der Waals surface area contributed by atoms with Gasteiger partial charge >= 0.3 is 11.9 Å². The van der Waals surface area contributed by atoms with Gasteiger partial charge in [-0.2, -0.15) is 0 Å². The fourth-order valence-corrected chi connectivity index (χ4v) is 8.02. The molecule has 6 nitrogen and oxygen atoms in total. The molecule has 0 fully saturated rings. The Kier molecular flexibility index (Phi) is 40.7. The Bertz CT molecular complexity index is 830. The highest BCUT2D eigenvalue weighted by Gasteiger charge is 2.18. The predicted octanol–water partition coefficient (Wildman–Crippen LogP) is 14.9. The maximum atomic E-state index is 12.3. The van der Waals surface area contributed by atoms with Gasteiger partial charge in [-0.05, 0) is 89.6 Å². The Labute approximate surface area is 349 Å². The van der Waals surface area contributed by atoms with E-state index >= 15 is 0 Å². The molecule has 0 bridgehead atoms. The van der Waals surface area contributed by atoms with Crippen LogP contribution in [0, 0.1) is 11.8 Å². The SMILES string of the molecule is CCCCCCCCCN(CCCCC(C)=O)C(CCCCCCCCC(=O)OCC(CC)CCCC)CCCCCCCCC(=O)OCC(CC)CCCC. The first-order valence-electron chi connectivity index (χ1n) is 24.9. The molecule has 0 aliphatic rings. The standard InChI is InChI=1S/C50H97NO5/c1-7-12-15-16-21-26-32-41-51(42-33-31-34-45(6)52)48(37-27-22-17-19-24-29-39-49(53)55-43-46(10-4)35-13-8-2)38-28-23-18-20-25-30-40-50(54)56-44-47(11-5)36-14-9-3/h46-48H,7-44H2,1-6H3. The van der Waals surface area contributed by atoms with Crippen LogP contribution in [0.3, 0.4) is 0 Å². The Morgan fingerprint density at radius 1 is 0.411 bits per heavy atom. The van der Waals surface area contributed by atoms with E-state index < -0.39 is 0 Å². The molecule has 0 saturated heterocycles. The van der Waals surface area contributed by atoms with Crippen molar-refractivity contribution in [1.82, 2.24) is 4.90 Å². The number of carbonyl (C=O) groups is 3. The van der Waals surface area contributed by atoms with Crippen molar-refractivity contribution in [2.45, 2.75) is 266 Å². The molecule has 0 spiro atoms. The highest BCUT2D eigenvalue weighted by Crippen LogP contribution is 2.22. The summed E-state index contributed by atoms with van der Waals surface area (Å²) in [6, 6.07) is 0.630. The number of esters is 2. The van der Waals surface area contributed by atoms with Crippen molar-refractivity contribution in [3.05, 3.63) is 0 Å². The molecule has 0 aromatic heterocycles. The smallest absolute Gasteiger partial charge is 0.305 e. The first-order chi connectivity index (χ1) is 27.3. The lowest BCUT2D eigenvalue weighted by atomic mass is 9.97. The Morgan fingerprint density at radius 2 is 0.768 bits per heavy atom. The van der Waals surface area contributed by atoms with Crippen LogP contribution < -0.4 is 0 Å². The van der Waals surface area contributed by atoms with Crippen molar-refractivity contribution in [3.8, 4) is 0 Å². The first-order valence-corrected chi connectivity index (χ1v) is 24.9. The molecule has 0 N–H and O–H groups in total. The van der Waals surface area contributed by atoms with Gasteiger partial charge in [0.05, 0.1) is 13.2 Å². The number of hydrogen-bond acceptors (Lipinski definition) is 6. The molecule has 56 heavy (non-hydrogen) atoms. The zero-order valence-corrected chi connectivity index (χ0v) is 38.6. The molecule has 6 heteroatoms. The number of rotatable bonds is 44. The lowest BCUT2D eigenvalue weighted by molar-refractivity contribution is -0.146. The van der Waals surface area contributed by atoms with Crippen molar-refractivity contribution < 1.29 is 23.9 Å². The highest BCUT2D eigenvalue weighted by molar-refractivity contribution is 5.75. The van der Waals surface area contributed by atoms with Crippen LogP contribution >= 0.6 is 0 Å². The molecule has 0 heterocycles. The van der Waals surface area contributed by atoms with E-state index in [1.54, 1.807) is 6.92 Å². The van der Waals surface area contributed by atoms with Gasteiger partial charge < -0.3 is 19.2 Å². The molecular weight excluding hydrogens is 695 g/mol. The van der Waals surface area contributed by atoms with Gasteiger partial charge in [0.1, 0.15) is 5.78 Å². The third kappa shape index (κ3) is 35.7. The summed E-state index contributed by atoms with van der Waals surface area (Å²) in [6.07, 6.45) is 39.3. The summed E-state index contributed by atoms with van der Waals surface area (Å²) in [5.74, 6) is 1.33. The van der Waals surface area contributed by atoms with Crippen LogP contribution in [0.15, 0.2) is 0 Å². The van der Waals surface area contributed by atoms with Gasteiger partial charge in [-0.25, -0.2) is 0 Å². The van der Waals surface area contributed by atoms with E-state index in [0.29, 0.717) is 56.1 Å². The van der Waals surface area contributed by atoms with Gasteiger partial charge in [0.2, 0.25) is 0 Å². The molecule has 0 saturated carbocycles. The third-order valence-electron chi connectivity index (χ3n) is 12.2. The van der Waals surface area contributed by atoms with Crippen molar-refractivity contribution >= 4 is 17.7 Å². The lowest BCUT2D eigenvalue weighted by Gasteiger charge is -2.32. The minimum atomic E-state index is -0.00886. The molecule has 0 aromatic rings. The molecule has 0 amide bonds. The zero-order chi connectivity index (χ0) is 41.3. The summed E-state index contributed by atoms with van der Waals surface area (Å²) in [5.41, 5.74) is 0. The molecule has 332 valence electrons. The molecule has 2 unspecified atom stereocenters. The van der Waals surface area contributed by atoms with Gasteiger partial charge in [-0.15, -0.1) is 0 Å². The van der Waals surface area contributed by atoms with Crippen LogP contribution in [-0.2, 0) is 23.9 Å². The average molecular weight is 792 g/mol. The molecule has 0 rings (SSSR count). The number of hydrogen-bond donors (Lipinski definition) is 0. The van der Waals surface area contributed by atoms with Crippen LogP contribution in [0.5, 0.6) is 0 Å². The Hall–Kier alpha value is -1.43. The van der Waals surface area contributed by atoms with E-state index in [-0.39, 0.29) is 11.9 Å². The van der Waals surface area contributed by atoms with Gasteiger partial charge in [-0.1, -0.05) is 176 Å². The van der Waals surface area contributed by atoms with Gasteiger partial charge in [-0.3, -0.25) is 9.59 Å².